The maximum absolute atomic E-state index is 13.8. The van der Waals surface area contributed by atoms with Gasteiger partial charge in [-0.2, -0.15) is 0 Å². The zero-order valence-corrected chi connectivity index (χ0v) is 12.0. The number of hydrogen-bond acceptors (Lipinski definition) is 1. The van der Waals surface area contributed by atoms with Crippen LogP contribution < -0.4 is 5.32 Å². The van der Waals surface area contributed by atoms with Crippen LogP contribution in [0.2, 0.25) is 0 Å². The lowest BCUT2D eigenvalue weighted by atomic mass is 9.90. The van der Waals surface area contributed by atoms with E-state index in [1.54, 1.807) is 12.1 Å². The van der Waals surface area contributed by atoms with Crippen molar-refractivity contribution in [2.24, 2.45) is 11.8 Å². The number of rotatable bonds is 7. The molecule has 0 aromatic heterocycles. The molecule has 1 rings (SSSR count). The van der Waals surface area contributed by atoms with Crippen molar-refractivity contribution in [3.8, 4) is 0 Å². The molecular formula is C16H26FN. The molecule has 0 bridgehead atoms. The molecule has 0 saturated carbocycles. The summed E-state index contributed by atoms with van der Waals surface area (Å²) in [5.41, 5.74) is 0.849. The Morgan fingerprint density at radius 3 is 2.22 bits per heavy atom. The predicted octanol–water partition coefficient (Wildman–Crippen LogP) is 4.20. The van der Waals surface area contributed by atoms with Crippen LogP contribution in [0.25, 0.3) is 0 Å². The Morgan fingerprint density at radius 2 is 1.67 bits per heavy atom. The first-order chi connectivity index (χ1) is 8.50. The van der Waals surface area contributed by atoms with E-state index < -0.39 is 0 Å². The van der Waals surface area contributed by atoms with Crippen molar-refractivity contribution in [2.45, 2.75) is 40.0 Å². The minimum absolute atomic E-state index is 0.0745. The molecule has 0 spiro atoms. The van der Waals surface area contributed by atoms with Crippen molar-refractivity contribution in [1.82, 2.24) is 5.32 Å². The molecule has 1 unspecified atom stereocenters. The van der Waals surface area contributed by atoms with Gasteiger partial charge in [-0.05, 0) is 42.3 Å². The zero-order valence-electron chi connectivity index (χ0n) is 12.0. The van der Waals surface area contributed by atoms with Crippen LogP contribution in [0.5, 0.6) is 0 Å². The number of benzene rings is 1. The second kappa shape index (κ2) is 7.52. The van der Waals surface area contributed by atoms with E-state index in [-0.39, 0.29) is 11.7 Å². The van der Waals surface area contributed by atoms with Gasteiger partial charge in [-0.3, -0.25) is 0 Å². The first kappa shape index (κ1) is 15.2. The average molecular weight is 251 g/mol. The van der Waals surface area contributed by atoms with E-state index in [1.165, 1.54) is 0 Å². The highest BCUT2D eigenvalue weighted by Gasteiger charge is 2.16. The largest absolute Gasteiger partial charge is 0.316 e. The van der Waals surface area contributed by atoms with Crippen LogP contribution >= 0.6 is 0 Å². The van der Waals surface area contributed by atoms with E-state index >= 15 is 0 Å². The smallest absolute Gasteiger partial charge is 0.126 e. The Morgan fingerprint density at radius 1 is 1.00 bits per heavy atom. The van der Waals surface area contributed by atoms with E-state index in [0.29, 0.717) is 11.8 Å². The summed E-state index contributed by atoms with van der Waals surface area (Å²) in [7, 11) is 0. The van der Waals surface area contributed by atoms with Crippen molar-refractivity contribution < 1.29 is 4.39 Å². The number of hydrogen-bond donors (Lipinski definition) is 1. The molecule has 1 N–H and O–H groups in total. The molecule has 1 aromatic carbocycles. The summed E-state index contributed by atoms with van der Waals surface area (Å²) in [6, 6.07) is 7.16. The van der Waals surface area contributed by atoms with Crippen molar-refractivity contribution in [3.05, 3.63) is 35.6 Å². The van der Waals surface area contributed by atoms with Crippen LogP contribution in [0.4, 0.5) is 4.39 Å². The Balaban J connectivity index is 2.69. The lowest BCUT2D eigenvalue weighted by Crippen LogP contribution is -2.26. The van der Waals surface area contributed by atoms with Gasteiger partial charge >= 0.3 is 0 Å². The van der Waals surface area contributed by atoms with E-state index in [0.717, 1.165) is 25.1 Å². The van der Waals surface area contributed by atoms with Crippen LogP contribution in [0.3, 0.4) is 0 Å². The third-order valence-electron chi connectivity index (χ3n) is 3.04. The molecule has 0 saturated heterocycles. The standard InChI is InChI=1S/C16H26FN/c1-12(2)9-14(11-18-10-13(3)4)15-7-5-6-8-16(15)17/h5-8,12-14,18H,9-11H2,1-4H3. The van der Waals surface area contributed by atoms with Crippen LogP contribution in [-0.2, 0) is 0 Å². The summed E-state index contributed by atoms with van der Waals surface area (Å²) < 4.78 is 13.8. The first-order valence-electron chi connectivity index (χ1n) is 6.95. The molecule has 1 nitrogen and oxygen atoms in total. The predicted molar refractivity (Wildman–Crippen MR) is 76.3 cm³/mol. The van der Waals surface area contributed by atoms with Crippen molar-refractivity contribution in [2.75, 3.05) is 13.1 Å². The molecule has 102 valence electrons. The zero-order chi connectivity index (χ0) is 13.5. The minimum atomic E-state index is -0.0745. The van der Waals surface area contributed by atoms with Gasteiger partial charge in [-0.15, -0.1) is 0 Å². The molecule has 0 aliphatic heterocycles. The quantitative estimate of drug-likeness (QED) is 0.765. The second-order valence-corrected chi connectivity index (χ2v) is 5.90. The molecule has 1 atom stereocenters. The van der Waals surface area contributed by atoms with E-state index in [9.17, 15) is 4.39 Å². The van der Waals surface area contributed by atoms with Crippen LogP contribution in [0.1, 0.15) is 45.6 Å². The second-order valence-electron chi connectivity index (χ2n) is 5.90. The maximum atomic E-state index is 13.8. The molecular weight excluding hydrogens is 225 g/mol. The third-order valence-corrected chi connectivity index (χ3v) is 3.04. The lowest BCUT2D eigenvalue weighted by molar-refractivity contribution is 0.440. The van der Waals surface area contributed by atoms with Crippen molar-refractivity contribution in [1.29, 1.82) is 0 Å². The highest BCUT2D eigenvalue weighted by molar-refractivity contribution is 5.22. The summed E-state index contributed by atoms with van der Waals surface area (Å²) in [5, 5.41) is 3.45. The number of halogens is 1. The third kappa shape index (κ3) is 5.18. The van der Waals surface area contributed by atoms with Crippen LogP contribution in [0, 0.1) is 17.7 Å². The summed E-state index contributed by atoms with van der Waals surface area (Å²) in [4.78, 5) is 0. The molecule has 0 fully saturated rings. The van der Waals surface area contributed by atoms with Gasteiger partial charge < -0.3 is 5.32 Å². The highest BCUT2D eigenvalue weighted by atomic mass is 19.1. The topological polar surface area (TPSA) is 12.0 Å². The van der Waals surface area contributed by atoms with Gasteiger partial charge in [-0.1, -0.05) is 45.9 Å². The highest BCUT2D eigenvalue weighted by Crippen LogP contribution is 2.25. The van der Waals surface area contributed by atoms with Gasteiger partial charge in [0.2, 0.25) is 0 Å². The van der Waals surface area contributed by atoms with Gasteiger partial charge in [0.05, 0.1) is 0 Å². The SMILES string of the molecule is CC(C)CNCC(CC(C)C)c1ccccc1F. The fraction of sp³-hybridized carbons (Fsp3) is 0.625. The summed E-state index contributed by atoms with van der Waals surface area (Å²) in [6.45, 7) is 10.6. The monoisotopic (exact) mass is 251 g/mol. The van der Waals surface area contributed by atoms with Gasteiger partial charge in [0.1, 0.15) is 5.82 Å². The number of nitrogens with one attached hydrogen (secondary N) is 1. The fourth-order valence-corrected chi connectivity index (χ4v) is 2.24. The molecule has 0 amide bonds. The lowest BCUT2D eigenvalue weighted by Gasteiger charge is -2.21. The van der Waals surface area contributed by atoms with E-state index in [4.69, 9.17) is 0 Å². The Kier molecular flexibility index (Phi) is 6.34. The van der Waals surface area contributed by atoms with Gasteiger partial charge in [0, 0.05) is 6.54 Å². The molecule has 0 aliphatic rings. The fourth-order valence-electron chi connectivity index (χ4n) is 2.24. The maximum Gasteiger partial charge on any atom is 0.126 e. The van der Waals surface area contributed by atoms with Gasteiger partial charge in [-0.25, -0.2) is 4.39 Å². The average Bonchev–Trinajstić information content (AvgIpc) is 2.27. The van der Waals surface area contributed by atoms with Crippen molar-refractivity contribution >= 4 is 0 Å². The molecule has 0 aliphatic carbocycles. The van der Waals surface area contributed by atoms with Gasteiger partial charge in [0.25, 0.3) is 0 Å². The van der Waals surface area contributed by atoms with Crippen molar-refractivity contribution in [3.63, 3.8) is 0 Å². The summed E-state index contributed by atoms with van der Waals surface area (Å²) in [6.07, 6.45) is 1.02. The normalized spacial score (nSPS) is 13.3. The Bertz CT molecular complexity index is 347. The Labute approximate surface area is 111 Å². The van der Waals surface area contributed by atoms with Gasteiger partial charge in [0.15, 0.2) is 0 Å². The first-order valence-corrected chi connectivity index (χ1v) is 6.95. The molecule has 0 heterocycles. The summed E-state index contributed by atoms with van der Waals surface area (Å²) in [5.74, 6) is 1.40. The van der Waals surface area contributed by atoms with Crippen LogP contribution in [0.15, 0.2) is 24.3 Å². The molecule has 2 heteroatoms. The Hall–Kier alpha value is -0.890. The summed E-state index contributed by atoms with van der Waals surface area (Å²) >= 11 is 0. The van der Waals surface area contributed by atoms with E-state index in [1.807, 2.05) is 12.1 Å². The molecule has 18 heavy (non-hydrogen) atoms. The van der Waals surface area contributed by atoms with Crippen LogP contribution in [-0.4, -0.2) is 13.1 Å². The molecule has 0 radical (unpaired) electrons. The molecule has 1 aromatic rings. The van der Waals surface area contributed by atoms with E-state index in [2.05, 4.69) is 33.0 Å². The minimum Gasteiger partial charge on any atom is -0.316 e.